The second kappa shape index (κ2) is 4.65. The van der Waals surface area contributed by atoms with E-state index in [1.807, 2.05) is 0 Å². The zero-order chi connectivity index (χ0) is 13.3. The normalized spacial score (nSPS) is 19.7. The molecule has 0 unspecified atom stereocenters. The fourth-order valence-corrected chi connectivity index (χ4v) is 2.35. The molecule has 0 aliphatic carbocycles. The van der Waals surface area contributed by atoms with Gasteiger partial charge in [0.05, 0.1) is 5.69 Å². The fourth-order valence-electron chi connectivity index (χ4n) is 2.35. The van der Waals surface area contributed by atoms with Crippen LogP contribution in [0.2, 0.25) is 0 Å². The van der Waals surface area contributed by atoms with Crippen LogP contribution in [0.4, 0.5) is 0 Å². The van der Waals surface area contributed by atoms with Crippen molar-refractivity contribution in [2.24, 2.45) is 0 Å². The summed E-state index contributed by atoms with van der Waals surface area (Å²) in [6, 6.07) is 1.63. The molecule has 1 fully saturated rings. The zero-order valence-electron chi connectivity index (χ0n) is 11.1. The van der Waals surface area contributed by atoms with Gasteiger partial charge < -0.3 is 10.0 Å². The third-order valence-electron chi connectivity index (χ3n) is 3.77. The van der Waals surface area contributed by atoms with Gasteiger partial charge in [0.25, 0.3) is 0 Å². The van der Waals surface area contributed by atoms with Crippen LogP contribution in [0.3, 0.4) is 0 Å². The maximum absolute atomic E-state index is 11.0. The van der Waals surface area contributed by atoms with E-state index < -0.39 is 5.97 Å². The lowest BCUT2D eigenvalue weighted by atomic mass is 9.77. The molecule has 98 valence electrons. The summed E-state index contributed by atoms with van der Waals surface area (Å²) in [4.78, 5) is 21.7. The molecule has 1 saturated heterocycles. The van der Waals surface area contributed by atoms with E-state index >= 15 is 0 Å². The van der Waals surface area contributed by atoms with Crippen LogP contribution in [0.15, 0.2) is 6.07 Å². The highest BCUT2D eigenvalue weighted by molar-refractivity contribution is 5.85. The van der Waals surface area contributed by atoms with Gasteiger partial charge in [-0.1, -0.05) is 6.92 Å². The largest absolute Gasteiger partial charge is 0.477 e. The molecule has 5 nitrogen and oxygen atoms in total. The highest BCUT2D eigenvalue weighted by Gasteiger charge is 2.32. The predicted octanol–water partition coefficient (Wildman–Crippen LogP) is 1.47. The monoisotopic (exact) mass is 249 g/mol. The molecule has 0 aromatic carbocycles. The maximum atomic E-state index is 11.0. The van der Waals surface area contributed by atoms with E-state index in [0.717, 1.165) is 31.6 Å². The summed E-state index contributed by atoms with van der Waals surface area (Å²) in [6.45, 7) is 5.94. The molecule has 0 bridgehead atoms. The Balaban J connectivity index is 2.35. The number of aromatic nitrogens is 2. The van der Waals surface area contributed by atoms with Crippen LogP contribution >= 0.6 is 0 Å². The Morgan fingerprint density at radius 2 is 2.00 bits per heavy atom. The van der Waals surface area contributed by atoms with Gasteiger partial charge in [0, 0.05) is 5.41 Å². The molecule has 1 aromatic rings. The topological polar surface area (TPSA) is 66.3 Å². The Bertz CT molecular complexity index is 465. The molecule has 5 heteroatoms. The molecular weight excluding hydrogens is 230 g/mol. The summed E-state index contributed by atoms with van der Waals surface area (Å²) in [7, 11) is 2.10. The number of nitrogens with zero attached hydrogens (tertiary/aromatic N) is 3. The molecule has 0 amide bonds. The van der Waals surface area contributed by atoms with Crippen molar-refractivity contribution in [1.82, 2.24) is 14.9 Å². The SMILES string of the molecule is Cc1nc(C(=O)O)cc(C2(C)CCN(C)CC2)n1. The summed E-state index contributed by atoms with van der Waals surface area (Å²) in [6.07, 6.45) is 2.00. The summed E-state index contributed by atoms with van der Waals surface area (Å²) >= 11 is 0. The van der Waals surface area contributed by atoms with Gasteiger partial charge in [-0.05, 0) is 46.0 Å². The second-order valence-electron chi connectivity index (χ2n) is 5.35. The first-order valence-electron chi connectivity index (χ1n) is 6.19. The number of rotatable bonds is 2. The van der Waals surface area contributed by atoms with Crippen molar-refractivity contribution in [2.75, 3.05) is 20.1 Å². The number of aryl methyl sites for hydroxylation is 1. The predicted molar refractivity (Wildman–Crippen MR) is 67.8 cm³/mol. The number of carbonyl (C=O) groups is 1. The van der Waals surface area contributed by atoms with Crippen molar-refractivity contribution in [3.8, 4) is 0 Å². The van der Waals surface area contributed by atoms with Crippen molar-refractivity contribution in [2.45, 2.75) is 32.1 Å². The van der Waals surface area contributed by atoms with Crippen molar-refractivity contribution >= 4 is 5.97 Å². The van der Waals surface area contributed by atoms with Crippen molar-refractivity contribution in [3.05, 3.63) is 23.3 Å². The van der Waals surface area contributed by atoms with Crippen LogP contribution < -0.4 is 0 Å². The summed E-state index contributed by atoms with van der Waals surface area (Å²) in [5.41, 5.74) is 0.919. The zero-order valence-corrected chi connectivity index (χ0v) is 11.1. The molecular formula is C13H19N3O2. The van der Waals surface area contributed by atoms with E-state index in [0.29, 0.717) is 5.82 Å². The molecule has 18 heavy (non-hydrogen) atoms. The highest BCUT2D eigenvalue weighted by Crippen LogP contribution is 2.33. The maximum Gasteiger partial charge on any atom is 0.354 e. The van der Waals surface area contributed by atoms with Crippen molar-refractivity contribution < 1.29 is 9.90 Å². The van der Waals surface area contributed by atoms with Crippen LogP contribution in [-0.4, -0.2) is 46.1 Å². The molecule has 0 spiro atoms. The Hall–Kier alpha value is -1.49. The minimum atomic E-state index is -0.988. The number of hydrogen-bond donors (Lipinski definition) is 1. The minimum Gasteiger partial charge on any atom is -0.477 e. The first kappa shape index (κ1) is 13.0. The van der Waals surface area contributed by atoms with Gasteiger partial charge in [0.1, 0.15) is 5.82 Å². The van der Waals surface area contributed by atoms with E-state index in [4.69, 9.17) is 5.11 Å². The van der Waals surface area contributed by atoms with E-state index in [1.165, 1.54) is 0 Å². The Labute approximate surface area is 107 Å². The van der Waals surface area contributed by atoms with Crippen LogP contribution in [-0.2, 0) is 5.41 Å². The molecule has 0 radical (unpaired) electrons. The lowest BCUT2D eigenvalue weighted by Crippen LogP contribution is -2.39. The first-order chi connectivity index (χ1) is 8.40. The van der Waals surface area contributed by atoms with E-state index in [1.54, 1.807) is 13.0 Å². The van der Waals surface area contributed by atoms with E-state index in [9.17, 15) is 4.79 Å². The minimum absolute atomic E-state index is 0.0373. The van der Waals surface area contributed by atoms with Gasteiger partial charge in [-0.2, -0.15) is 0 Å². The van der Waals surface area contributed by atoms with Crippen molar-refractivity contribution in [3.63, 3.8) is 0 Å². The van der Waals surface area contributed by atoms with Gasteiger partial charge in [-0.25, -0.2) is 14.8 Å². The molecule has 1 aromatic heterocycles. The summed E-state index contributed by atoms with van der Waals surface area (Å²) in [5, 5.41) is 9.06. The number of aromatic carboxylic acids is 1. The van der Waals surface area contributed by atoms with Crippen LogP contribution in [0.1, 0.15) is 41.8 Å². The Morgan fingerprint density at radius 3 is 2.56 bits per heavy atom. The lowest BCUT2D eigenvalue weighted by Gasteiger charge is -2.37. The standard InChI is InChI=1S/C13H19N3O2/c1-9-14-10(12(17)18)8-11(15-9)13(2)4-6-16(3)7-5-13/h8H,4-7H2,1-3H3,(H,17,18). The van der Waals surface area contributed by atoms with Crippen LogP contribution in [0.25, 0.3) is 0 Å². The second-order valence-corrected chi connectivity index (χ2v) is 5.35. The van der Waals surface area contributed by atoms with Crippen molar-refractivity contribution in [1.29, 1.82) is 0 Å². The average molecular weight is 249 g/mol. The molecule has 2 rings (SSSR count). The van der Waals surface area contributed by atoms with E-state index in [2.05, 4.69) is 28.8 Å². The molecule has 0 atom stereocenters. The summed E-state index contributed by atoms with van der Waals surface area (Å²) in [5.74, 6) is -0.455. The molecule has 0 saturated carbocycles. The highest BCUT2D eigenvalue weighted by atomic mass is 16.4. The van der Waals surface area contributed by atoms with Crippen LogP contribution in [0.5, 0.6) is 0 Å². The van der Waals surface area contributed by atoms with Crippen LogP contribution in [0, 0.1) is 6.92 Å². The van der Waals surface area contributed by atoms with Gasteiger partial charge in [-0.3, -0.25) is 0 Å². The quantitative estimate of drug-likeness (QED) is 0.859. The lowest BCUT2D eigenvalue weighted by molar-refractivity contribution is 0.0689. The Kier molecular flexibility index (Phi) is 3.34. The summed E-state index contributed by atoms with van der Waals surface area (Å²) < 4.78 is 0. The van der Waals surface area contributed by atoms with E-state index in [-0.39, 0.29) is 11.1 Å². The first-order valence-corrected chi connectivity index (χ1v) is 6.19. The number of likely N-dealkylation sites (tertiary alicyclic amines) is 1. The number of piperidine rings is 1. The third kappa shape index (κ3) is 2.51. The number of hydrogen-bond acceptors (Lipinski definition) is 4. The average Bonchev–Trinajstić information content (AvgIpc) is 2.32. The molecule has 1 aliphatic heterocycles. The third-order valence-corrected chi connectivity index (χ3v) is 3.77. The van der Waals surface area contributed by atoms with Gasteiger partial charge in [0.15, 0.2) is 5.69 Å². The molecule has 2 heterocycles. The number of carboxylic acid groups (broad SMARTS) is 1. The van der Waals surface area contributed by atoms with Gasteiger partial charge >= 0.3 is 5.97 Å². The fraction of sp³-hybridized carbons (Fsp3) is 0.615. The molecule has 1 N–H and O–H groups in total. The number of carboxylic acids is 1. The smallest absolute Gasteiger partial charge is 0.354 e. The van der Waals surface area contributed by atoms with Gasteiger partial charge in [-0.15, -0.1) is 0 Å². The van der Waals surface area contributed by atoms with Gasteiger partial charge in [0.2, 0.25) is 0 Å². The molecule has 1 aliphatic rings. The Morgan fingerprint density at radius 1 is 1.39 bits per heavy atom.